The van der Waals surface area contributed by atoms with Crippen LogP contribution in [0.5, 0.6) is 17.2 Å². The van der Waals surface area contributed by atoms with Gasteiger partial charge >= 0.3 is 0 Å². The fourth-order valence-electron chi connectivity index (χ4n) is 2.42. The highest BCUT2D eigenvalue weighted by molar-refractivity contribution is 5.63. The average molecular weight is 284 g/mol. The van der Waals surface area contributed by atoms with Crippen molar-refractivity contribution >= 4 is 6.29 Å². The predicted molar refractivity (Wildman–Crippen MR) is 78.1 cm³/mol. The molecule has 0 N–H and O–H groups in total. The Kier molecular flexibility index (Phi) is 3.77. The summed E-state index contributed by atoms with van der Waals surface area (Å²) in [4.78, 5) is 11.4. The molecular weight excluding hydrogens is 268 g/mol. The summed E-state index contributed by atoms with van der Waals surface area (Å²) < 4.78 is 15.8. The summed E-state index contributed by atoms with van der Waals surface area (Å²) in [5.74, 6) is 2.10. The predicted octanol–water partition coefficient (Wildman–Crippen LogP) is 2.95. The van der Waals surface area contributed by atoms with E-state index in [4.69, 9.17) is 14.2 Å². The Balaban J connectivity index is 1.78. The van der Waals surface area contributed by atoms with Crippen LogP contribution in [-0.4, -0.2) is 20.2 Å². The first-order chi connectivity index (χ1) is 10.3. The number of methoxy groups -OCH3 is 1. The van der Waals surface area contributed by atoms with Gasteiger partial charge in [-0.2, -0.15) is 0 Å². The minimum atomic E-state index is -0.184. The molecule has 1 atom stereocenters. The van der Waals surface area contributed by atoms with E-state index in [1.807, 2.05) is 42.5 Å². The van der Waals surface area contributed by atoms with Crippen molar-refractivity contribution in [2.45, 2.75) is 12.3 Å². The van der Waals surface area contributed by atoms with E-state index in [1.54, 1.807) is 7.11 Å². The van der Waals surface area contributed by atoms with Crippen LogP contribution >= 0.6 is 0 Å². The van der Waals surface area contributed by atoms with Crippen LogP contribution in [0.25, 0.3) is 0 Å². The van der Waals surface area contributed by atoms with Crippen LogP contribution in [0.2, 0.25) is 0 Å². The number of fused-ring (bicyclic) bond motifs is 1. The normalized spacial score (nSPS) is 13.8. The Hall–Kier alpha value is -2.49. The van der Waals surface area contributed by atoms with Gasteiger partial charge in [-0.15, -0.1) is 0 Å². The smallest absolute Gasteiger partial charge is 0.231 e. The van der Waals surface area contributed by atoms with Gasteiger partial charge in [-0.3, -0.25) is 0 Å². The van der Waals surface area contributed by atoms with Crippen molar-refractivity contribution in [2.75, 3.05) is 13.9 Å². The number of aldehydes is 1. The van der Waals surface area contributed by atoms with Crippen molar-refractivity contribution in [3.63, 3.8) is 0 Å². The first-order valence-electron chi connectivity index (χ1n) is 6.78. The molecule has 1 heterocycles. The molecule has 3 rings (SSSR count). The molecular formula is C17H16O4. The summed E-state index contributed by atoms with van der Waals surface area (Å²) in [5.41, 5.74) is 2.02. The summed E-state index contributed by atoms with van der Waals surface area (Å²) in [6.07, 6.45) is 1.61. The van der Waals surface area contributed by atoms with E-state index >= 15 is 0 Å². The second kappa shape index (κ2) is 5.87. The topological polar surface area (TPSA) is 44.8 Å². The fourth-order valence-corrected chi connectivity index (χ4v) is 2.42. The molecule has 0 aliphatic carbocycles. The molecule has 0 fully saturated rings. The molecule has 0 aromatic heterocycles. The van der Waals surface area contributed by atoms with E-state index in [0.717, 1.165) is 34.7 Å². The fraction of sp³-hybridized carbons (Fsp3) is 0.235. The van der Waals surface area contributed by atoms with E-state index in [-0.39, 0.29) is 12.7 Å². The summed E-state index contributed by atoms with van der Waals surface area (Å²) in [5, 5.41) is 0. The van der Waals surface area contributed by atoms with Gasteiger partial charge in [0.25, 0.3) is 0 Å². The SMILES string of the molecule is COc1ccc(C(C=O)Cc2ccc3c(c2)OCO3)cc1. The summed E-state index contributed by atoms with van der Waals surface area (Å²) in [6, 6.07) is 13.4. The first kappa shape index (κ1) is 13.5. The number of hydrogen-bond donors (Lipinski definition) is 0. The molecule has 1 unspecified atom stereocenters. The molecule has 4 heteroatoms. The van der Waals surface area contributed by atoms with Crippen molar-refractivity contribution < 1.29 is 19.0 Å². The van der Waals surface area contributed by atoms with Crippen LogP contribution in [0.15, 0.2) is 42.5 Å². The highest BCUT2D eigenvalue weighted by Gasteiger charge is 2.16. The zero-order chi connectivity index (χ0) is 14.7. The van der Waals surface area contributed by atoms with Gasteiger partial charge in [-0.1, -0.05) is 18.2 Å². The Morgan fingerprint density at radius 3 is 2.62 bits per heavy atom. The number of rotatable bonds is 5. The molecule has 1 aliphatic rings. The number of hydrogen-bond acceptors (Lipinski definition) is 4. The second-order valence-corrected chi connectivity index (χ2v) is 4.91. The van der Waals surface area contributed by atoms with Crippen LogP contribution in [0, 0.1) is 0 Å². The number of ether oxygens (including phenoxy) is 3. The third-order valence-electron chi connectivity index (χ3n) is 3.60. The molecule has 1 aliphatic heterocycles. The zero-order valence-corrected chi connectivity index (χ0v) is 11.7. The zero-order valence-electron chi connectivity index (χ0n) is 11.7. The van der Waals surface area contributed by atoms with Crippen molar-refractivity contribution in [3.8, 4) is 17.2 Å². The maximum absolute atomic E-state index is 11.4. The van der Waals surface area contributed by atoms with Crippen LogP contribution in [-0.2, 0) is 11.2 Å². The van der Waals surface area contributed by atoms with Gasteiger partial charge in [-0.25, -0.2) is 0 Å². The molecule has 0 saturated heterocycles. The Morgan fingerprint density at radius 1 is 1.14 bits per heavy atom. The van der Waals surface area contributed by atoms with Gasteiger partial charge in [0.05, 0.1) is 7.11 Å². The molecule has 4 nitrogen and oxygen atoms in total. The van der Waals surface area contributed by atoms with E-state index in [9.17, 15) is 4.79 Å². The molecule has 21 heavy (non-hydrogen) atoms. The molecule has 0 radical (unpaired) electrons. The van der Waals surface area contributed by atoms with Crippen LogP contribution < -0.4 is 14.2 Å². The second-order valence-electron chi connectivity index (χ2n) is 4.91. The minimum absolute atomic E-state index is 0.184. The maximum atomic E-state index is 11.4. The quantitative estimate of drug-likeness (QED) is 0.792. The van der Waals surface area contributed by atoms with Gasteiger partial charge in [0, 0.05) is 5.92 Å². The van der Waals surface area contributed by atoms with E-state index < -0.39 is 0 Å². The molecule has 0 saturated carbocycles. The first-order valence-corrected chi connectivity index (χ1v) is 6.78. The van der Waals surface area contributed by atoms with Gasteiger partial charge in [0.2, 0.25) is 6.79 Å². The monoisotopic (exact) mass is 284 g/mol. The lowest BCUT2D eigenvalue weighted by Crippen LogP contribution is -2.04. The molecule has 0 amide bonds. The highest BCUT2D eigenvalue weighted by atomic mass is 16.7. The van der Waals surface area contributed by atoms with Gasteiger partial charge in [0.15, 0.2) is 11.5 Å². The lowest BCUT2D eigenvalue weighted by Gasteiger charge is -2.12. The van der Waals surface area contributed by atoms with Crippen molar-refractivity contribution in [1.82, 2.24) is 0 Å². The average Bonchev–Trinajstić information content (AvgIpc) is 3.00. The van der Waals surface area contributed by atoms with Crippen molar-refractivity contribution in [1.29, 1.82) is 0 Å². The number of carbonyl (C=O) groups excluding carboxylic acids is 1. The highest BCUT2D eigenvalue weighted by Crippen LogP contribution is 2.33. The summed E-state index contributed by atoms with van der Waals surface area (Å²) in [6.45, 7) is 0.258. The number of carbonyl (C=O) groups is 1. The Bertz CT molecular complexity index is 634. The van der Waals surface area contributed by atoms with Crippen LogP contribution in [0.4, 0.5) is 0 Å². The van der Waals surface area contributed by atoms with Crippen LogP contribution in [0.3, 0.4) is 0 Å². The Morgan fingerprint density at radius 2 is 1.90 bits per heavy atom. The molecule has 0 bridgehead atoms. The third kappa shape index (κ3) is 2.84. The Labute approximate surface area is 123 Å². The van der Waals surface area contributed by atoms with E-state index in [0.29, 0.717) is 6.42 Å². The molecule has 2 aromatic rings. The third-order valence-corrected chi connectivity index (χ3v) is 3.60. The van der Waals surface area contributed by atoms with Crippen molar-refractivity contribution in [3.05, 3.63) is 53.6 Å². The van der Waals surface area contributed by atoms with E-state index in [1.165, 1.54) is 0 Å². The molecule has 0 spiro atoms. The minimum Gasteiger partial charge on any atom is -0.497 e. The van der Waals surface area contributed by atoms with Crippen molar-refractivity contribution in [2.24, 2.45) is 0 Å². The number of benzene rings is 2. The standard InChI is InChI=1S/C17H16O4/c1-19-15-5-3-13(4-6-15)14(10-18)8-12-2-7-16-17(9-12)21-11-20-16/h2-7,9-10,14H,8,11H2,1H3. The van der Waals surface area contributed by atoms with Crippen LogP contribution in [0.1, 0.15) is 17.0 Å². The van der Waals surface area contributed by atoms with Gasteiger partial charge in [-0.05, 0) is 41.8 Å². The van der Waals surface area contributed by atoms with Gasteiger partial charge < -0.3 is 19.0 Å². The molecule has 108 valence electrons. The maximum Gasteiger partial charge on any atom is 0.231 e. The summed E-state index contributed by atoms with van der Waals surface area (Å²) >= 11 is 0. The van der Waals surface area contributed by atoms with E-state index in [2.05, 4.69) is 0 Å². The van der Waals surface area contributed by atoms with Gasteiger partial charge in [0.1, 0.15) is 12.0 Å². The molecule has 2 aromatic carbocycles. The summed E-state index contributed by atoms with van der Waals surface area (Å²) in [7, 11) is 1.62. The lowest BCUT2D eigenvalue weighted by molar-refractivity contribution is -0.109. The lowest BCUT2D eigenvalue weighted by atomic mass is 9.93. The largest absolute Gasteiger partial charge is 0.497 e.